The second-order valence-electron chi connectivity index (χ2n) is 4.62. The van der Waals surface area contributed by atoms with Gasteiger partial charge in [0.25, 0.3) is 0 Å². The normalized spacial score (nSPS) is 17.0. The number of nitrogens with one attached hydrogen (secondary N) is 1. The van der Waals surface area contributed by atoms with E-state index >= 15 is 0 Å². The molecule has 1 aliphatic carbocycles. The van der Waals surface area contributed by atoms with Gasteiger partial charge in [-0.15, -0.1) is 0 Å². The molecular formula is C14H22N2S. The van der Waals surface area contributed by atoms with Crippen molar-refractivity contribution in [1.82, 2.24) is 4.98 Å². The molecule has 1 heterocycles. The fourth-order valence-corrected chi connectivity index (χ4v) is 3.51. The largest absolute Gasteiger partial charge is 0.370 e. The number of nitrogens with zero attached hydrogens (tertiary/aromatic N) is 1. The number of pyridine rings is 1. The van der Waals surface area contributed by atoms with Crippen LogP contribution in [0.2, 0.25) is 0 Å². The summed E-state index contributed by atoms with van der Waals surface area (Å²) in [6.07, 6.45) is 7.07. The van der Waals surface area contributed by atoms with Crippen LogP contribution in [0.15, 0.2) is 18.2 Å². The Labute approximate surface area is 109 Å². The predicted molar refractivity (Wildman–Crippen MR) is 76.6 cm³/mol. The Hall–Kier alpha value is -0.700. The average Bonchev–Trinajstić information content (AvgIpc) is 2.39. The summed E-state index contributed by atoms with van der Waals surface area (Å²) in [5, 5.41) is 4.13. The highest BCUT2D eigenvalue weighted by Crippen LogP contribution is 2.30. The number of aromatic nitrogens is 1. The zero-order valence-corrected chi connectivity index (χ0v) is 11.4. The minimum atomic E-state index is 0.869. The van der Waals surface area contributed by atoms with Crippen molar-refractivity contribution in [2.45, 2.75) is 50.0 Å². The van der Waals surface area contributed by atoms with Crippen LogP contribution in [0, 0.1) is 0 Å². The third-order valence-electron chi connectivity index (χ3n) is 3.18. The van der Waals surface area contributed by atoms with Gasteiger partial charge in [0.2, 0.25) is 0 Å². The third kappa shape index (κ3) is 4.23. The summed E-state index contributed by atoms with van der Waals surface area (Å²) < 4.78 is 0. The Morgan fingerprint density at radius 1 is 1.29 bits per heavy atom. The summed E-state index contributed by atoms with van der Waals surface area (Å²) in [5.74, 6) is 2.07. The molecule has 1 aromatic rings. The second-order valence-corrected chi connectivity index (χ2v) is 5.90. The number of anilines is 1. The lowest BCUT2D eigenvalue weighted by Gasteiger charge is -2.20. The van der Waals surface area contributed by atoms with Crippen LogP contribution in [0.25, 0.3) is 0 Å². The molecule has 1 aliphatic rings. The molecule has 17 heavy (non-hydrogen) atoms. The van der Waals surface area contributed by atoms with Gasteiger partial charge in [-0.2, -0.15) is 11.8 Å². The summed E-state index contributed by atoms with van der Waals surface area (Å²) >= 11 is 2.09. The lowest BCUT2D eigenvalue weighted by Crippen LogP contribution is -2.08. The Balaban J connectivity index is 1.83. The molecule has 1 N–H and O–H groups in total. The van der Waals surface area contributed by atoms with E-state index < -0.39 is 0 Å². The Morgan fingerprint density at radius 3 is 2.88 bits per heavy atom. The molecule has 0 atom stereocenters. The van der Waals surface area contributed by atoms with Crippen LogP contribution >= 0.6 is 11.8 Å². The standard InChI is InChI=1S/C14H22N2S/c1-2-15-14-10-6-7-12(16-14)11-17-13-8-4-3-5-9-13/h6-7,10,13H,2-5,8-9,11H2,1H3,(H,15,16). The molecule has 0 amide bonds. The summed E-state index contributed by atoms with van der Waals surface area (Å²) in [4.78, 5) is 4.61. The topological polar surface area (TPSA) is 24.9 Å². The van der Waals surface area contributed by atoms with E-state index in [4.69, 9.17) is 0 Å². The van der Waals surface area contributed by atoms with Crippen molar-refractivity contribution in [1.29, 1.82) is 0 Å². The molecule has 94 valence electrons. The maximum Gasteiger partial charge on any atom is 0.126 e. The van der Waals surface area contributed by atoms with Gasteiger partial charge in [0.1, 0.15) is 5.82 Å². The van der Waals surface area contributed by atoms with Crippen molar-refractivity contribution < 1.29 is 0 Å². The molecule has 0 saturated heterocycles. The molecule has 1 saturated carbocycles. The molecule has 2 nitrogen and oxygen atoms in total. The molecule has 0 bridgehead atoms. The van der Waals surface area contributed by atoms with E-state index in [9.17, 15) is 0 Å². The predicted octanol–water partition coefficient (Wildman–Crippen LogP) is 4.08. The Morgan fingerprint density at radius 2 is 2.12 bits per heavy atom. The lowest BCUT2D eigenvalue weighted by atomic mass is 10.0. The van der Waals surface area contributed by atoms with E-state index in [-0.39, 0.29) is 0 Å². The maximum atomic E-state index is 4.61. The molecule has 0 aliphatic heterocycles. The fourth-order valence-electron chi connectivity index (χ4n) is 2.27. The molecule has 0 radical (unpaired) electrons. The Kier molecular flexibility index (Phi) is 5.17. The first-order chi connectivity index (χ1) is 8.38. The van der Waals surface area contributed by atoms with E-state index in [1.165, 1.54) is 37.8 Å². The van der Waals surface area contributed by atoms with Gasteiger partial charge in [0, 0.05) is 17.5 Å². The Bertz CT molecular complexity index is 335. The van der Waals surface area contributed by atoms with Crippen LogP contribution in [-0.2, 0) is 5.75 Å². The molecule has 3 heteroatoms. The van der Waals surface area contributed by atoms with Gasteiger partial charge in [0.15, 0.2) is 0 Å². The van der Waals surface area contributed by atoms with Crippen LogP contribution in [0.3, 0.4) is 0 Å². The average molecular weight is 250 g/mol. The third-order valence-corrected chi connectivity index (χ3v) is 4.59. The molecular weight excluding hydrogens is 228 g/mol. The van der Waals surface area contributed by atoms with Gasteiger partial charge >= 0.3 is 0 Å². The van der Waals surface area contributed by atoms with Crippen LogP contribution < -0.4 is 5.32 Å². The molecule has 0 spiro atoms. The summed E-state index contributed by atoms with van der Waals surface area (Å²) in [6.45, 7) is 3.04. The lowest BCUT2D eigenvalue weighted by molar-refractivity contribution is 0.516. The molecule has 1 fully saturated rings. The highest BCUT2D eigenvalue weighted by atomic mass is 32.2. The molecule has 0 aromatic carbocycles. The highest BCUT2D eigenvalue weighted by molar-refractivity contribution is 7.99. The first-order valence-electron chi connectivity index (χ1n) is 6.70. The molecule has 2 rings (SSSR count). The number of hydrogen-bond donors (Lipinski definition) is 1. The summed E-state index contributed by atoms with van der Waals surface area (Å²) in [7, 11) is 0. The van der Waals surface area contributed by atoms with Crippen LogP contribution in [-0.4, -0.2) is 16.8 Å². The first-order valence-corrected chi connectivity index (χ1v) is 7.75. The first kappa shape index (κ1) is 12.7. The van der Waals surface area contributed by atoms with Gasteiger partial charge < -0.3 is 5.32 Å². The highest BCUT2D eigenvalue weighted by Gasteiger charge is 2.13. The van der Waals surface area contributed by atoms with E-state index in [1.54, 1.807) is 0 Å². The van der Waals surface area contributed by atoms with Crippen LogP contribution in [0.4, 0.5) is 5.82 Å². The number of hydrogen-bond acceptors (Lipinski definition) is 3. The van der Waals surface area contributed by atoms with Crippen molar-refractivity contribution >= 4 is 17.6 Å². The molecule has 0 unspecified atom stereocenters. The van der Waals surface area contributed by atoms with E-state index in [0.29, 0.717) is 0 Å². The van der Waals surface area contributed by atoms with Crippen LogP contribution in [0.5, 0.6) is 0 Å². The SMILES string of the molecule is CCNc1cccc(CSC2CCCCC2)n1. The van der Waals surface area contributed by atoms with Crippen molar-refractivity contribution in [2.75, 3.05) is 11.9 Å². The van der Waals surface area contributed by atoms with Gasteiger partial charge in [-0.3, -0.25) is 0 Å². The fraction of sp³-hybridized carbons (Fsp3) is 0.643. The van der Waals surface area contributed by atoms with Crippen molar-refractivity contribution in [3.8, 4) is 0 Å². The monoisotopic (exact) mass is 250 g/mol. The zero-order valence-electron chi connectivity index (χ0n) is 10.6. The van der Waals surface area contributed by atoms with Crippen LogP contribution in [0.1, 0.15) is 44.7 Å². The number of rotatable bonds is 5. The maximum absolute atomic E-state index is 4.61. The number of thioether (sulfide) groups is 1. The smallest absolute Gasteiger partial charge is 0.126 e. The van der Waals surface area contributed by atoms with Crippen molar-refractivity contribution in [3.05, 3.63) is 23.9 Å². The minimum absolute atomic E-state index is 0.869. The summed E-state index contributed by atoms with van der Waals surface area (Å²) in [5.41, 5.74) is 1.21. The van der Waals surface area contributed by atoms with E-state index in [1.807, 2.05) is 6.07 Å². The van der Waals surface area contributed by atoms with Gasteiger partial charge in [-0.05, 0) is 31.9 Å². The van der Waals surface area contributed by atoms with E-state index in [2.05, 4.69) is 41.1 Å². The van der Waals surface area contributed by atoms with Gasteiger partial charge in [0.05, 0.1) is 5.69 Å². The molecule has 1 aromatic heterocycles. The van der Waals surface area contributed by atoms with Gasteiger partial charge in [-0.25, -0.2) is 4.98 Å². The minimum Gasteiger partial charge on any atom is -0.370 e. The zero-order chi connectivity index (χ0) is 11.9. The van der Waals surface area contributed by atoms with E-state index in [0.717, 1.165) is 23.4 Å². The summed E-state index contributed by atoms with van der Waals surface area (Å²) in [6, 6.07) is 6.27. The van der Waals surface area contributed by atoms with Crippen molar-refractivity contribution in [3.63, 3.8) is 0 Å². The second kappa shape index (κ2) is 6.90. The van der Waals surface area contributed by atoms with Crippen molar-refractivity contribution in [2.24, 2.45) is 0 Å². The quantitative estimate of drug-likeness (QED) is 0.852. The van der Waals surface area contributed by atoms with Gasteiger partial charge in [-0.1, -0.05) is 25.3 Å².